The maximum Gasteiger partial charge on any atom is 0.260 e. The zero-order chi connectivity index (χ0) is 14.1. The van der Waals surface area contributed by atoms with Crippen molar-refractivity contribution < 1.29 is 4.74 Å². The molecule has 0 fully saturated rings. The van der Waals surface area contributed by atoms with Gasteiger partial charge < -0.3 is 4.74 Å². The highest BCUT2D eigenvalue weighted by Gasteiger charge is 2.07. The molecule has 1 N–H and O–H groups in total. The Kier molecular flexibility index (Phi) is 2.98. The Balaban J connectivity index is 2.12. The molecule has 1 aromatic carbocycles. The molecule has 2 aromatic heterocycles. The van der Waals surface area contributed by atoms with Gasteiger partial charge >= 0.3 is 0 Å². The maximum absolute atomic E-state index is 12.1. The van der Waals surface area contributed by atoms with Crippen molar-refractivity contribution in [3.8, 4) is 11.7 Å². The van der Waals surface area contributed by atoms with Gasteiger partial charge in [0.25, 0.3) is 5.56 Å². The van der Waals surface area contributed by atoms with Crippen LogP contribution >= 0.6 is 0 Å². The van der Waals surface area contributed by atoms with E-state index in [1.807, 2.05) is 19.9 Å². The lowest BCUT2D eigenvalue weighted by molar-refractivity contribution is 0.242. The monoisotopic (exact) mass is 270 g/mol. The van der Waals surface area contributed by atoms with E-state index in [9.17, 15) is 4.79 Å². The number of aromatic amines is 1. The van der Waals surface area contributed by atoms with Crippen molar-refractivity contribution in [2.24, 2.45) is 0 Å². The molecule has 3 rings (SSSR count). The molecular formula is C14H14N4O2. The first-order chi connectivity index (χ1) is 9.63. The van der Waals surface area contributed by atoms with Crippen molar-refractivity contribution in [3.05, 3.63) is 47.0 Å². The van der Waals surface area contributed by atoms with Crippen LogP contribution in [0.1, 0.15) is 13.8 Å². The van der Waals surface area contributed by atoms with Crippen LogP contribution in [0.5, 0.6) is 5.75 Å². The summed E-state index contributed by atoms with van der Waals surface area (Å²) in [4.78, 5) is 19.2. The standard InChI is InChI=1S/C14H14N4O2/c1-9(2)20-10-4-5-12-11(8-10)13(19)17-14(16-12)18-7-3-6-15-18/h3-9H,1-2H3,(H,16,17,19). The third-order valence-corrected chi connectivity index (χ3v) is 2.76. The molecule has 0 spiro atoms. The summed E-state index contributed by atoms with van der Waals surface area (Å²) in [5.74, 6) is 1.05. The van der Waals surface area contributed by atoms with E-state index in [1.54, 1.807) is 30.6 Å². The molecule has 0 radical (unpaired) electrons. The van der Waals surface area contributed by atoms with Crippen LogP contribution in [0.3, 0.4) is 0 Å². The Bertz CT molecular complexity index is 791. The number of nitrogens with one attached hydrogen (secondary N) is 1. The average molecular weight is 270 g/mol. The van der Waals surface area contributed by atoms with Crippen LogP contribution in [-0.4, -0.2) is 25.9 Å². The first-order valence-corrected chi connectivity index (χ1v) is 6.34. The summed E-state index contributed by atoms with van der Waals surface area (Å²) in [6.07, 6.45) is 3.41. The van der Waals surface area contributed by atoms with E-state index in [4.69, 9.17) is 4.74 Å². The molecule has 0 aliphatic rings. The summed E-state index contributed by atoms with van der Waals surface area (Å²) in [5.41, 5.74) is 0.394. The van der Waals surface area contributed by atoms with Gasteiger partial charge in [-0.15, -0.1) is 0 Å². The maximum atomic E-state index is 12.1. The Labute approximate surface area is 115 Å². The lowest BCUT2D eigenvalue weighted by atomic mass is 10.2. The lowest BCUT2D eigenvalue weighted by Crippen LogP contribution is -2.14. The fourth-order valence-electron chi connectivity index (χ4n) is 1.95. The second kappa shape index (κ2) is 4.80. The van der Waals surface area contributed by atoms with Gasteiger partial charge in [-0.1, -0.05) is 0 Å². The second-order valence-electron chi connectivity index (χ2n) is 4.69. The van der Waals surface area contributed by atoms with Gasteiger partial charge in [-0.25, -0.2) is 9.67 Å². The topological polar surface area (TPSA) is 72.8 Å². The smallest absolute Gasteiger partial charge is 0.260 e. The quantitative estimate of drug-likeness (QED) is 0.789. The van der Waals surface area contributed by atoms with E-state index in [0.717, 1.165) is 0 Å². The molecule has 3 aromatic rings. The fourth-order valence-corrected chi connectivity index (χ4v) is 1.95. The molecule has 0 aliphatic carbocycles. The summed E-state index contributed by atoms with van der Waals surface area (Å²) in [6.45, 7) is 3.88. The zero-order valence-electron chi connectivity index (χ0n) is 11.2. The molecule has 2 heterocycles. The summed E-state index contributed by atoms with van der Waals surface area (Å²) in [5, 5.41) is 4.55. The van der Waals surface area contributed by atoms with Crippen molar-refractivity contribution >= 4 is 10.9 Å². The van der Waals surface area contributed by atoms with Crippen LogP contribution in [0.4, 0.5) is 0 Å². The van der Waals surface area contributed by atoms with Crippen LogP contribution in [0.25, 0.3) is 16.9 Å². The van der Waals surface area contributed by atoms with Gasteiger partial charge in [0.05, 0.1) is 17.0 Å². The molecule has 0 bridgehead atoms. The number of hydrogen-bond donors (Lipinski definition) is 1. The first-order valence-electron chi connectivity index (χ1n) is 6.34. The number of aromatic nitrogens is 4. The molecule has 0 saturated heterocycles. The molecule has 0 saturated carbocycles. The molecule has 0 aliphatic heterocycles. The number of rotatable bonds is 3. The molecule has 0 atom stereocenters. The van der Waals surface area contributed by atoms with Crippen LogP contribution in [0.15, 0.2) is 41.5 Å². The molecule has 0 unspecified atom stereocenters. The van der Waals surface area contributed by atoms with E-state index in [-0.39, 0.29) is 11.7 Å². The van der Waals surface area contributed by atoms with E-state index in [1.165, 1.54) is 4.68 Å². The third-order valence-electron chi connectivity index (χ3n) is 2.76. The summed E-state index contributed by atoms with van der Waals surface area (Å²) < 4.78 is 7.09. The van der Waals surface area contributed by atoms with Gasteiger partial charge in [0.15, 0.2) is 0 Å². The third kappa shape index (κ3) is 2.27. The SMILES string of the molecule is CC(C)Oc1ccc2nc(-n3cccn3)[nH]c(=O)c2c1. The molecule has 6 nitrogen and oxygen atoms in total. The first kappa shape index (κ1) is 12.4. The van der Waals surface area contributed by atoms with E-state index < -0.39 is 0 Å². The van der Waals surface area contributed by atoms with Gasteiger partial charge in [-0.3, -0.25) is 9.78 Å². The highest BCUT2D eigenvalue weighted by atomic mass is 16.5. The molecular weight excluding hydrogens is 256 g/mol. The highest BCUT2D eigenvalue weighted by Crippen LogP contribution is 2.18. The Morgan fingerprint density at radius 1 is 1.35 bits per heavy atom. The Morgan fingerprint density at radius 3 is 2.90 bits per heavy atom. The molecule has 0 amide bonds. The zero-order valence-corrected chi connectivity index (χ0v) is 11.2. The van der Waals surface area contributed by atoms with Gasteiger partial charge in [0, 0.05) is 12.4 Å². The predicted octanol–water partition coefficient (Wildman–Crippen LogP) is 1.90. The highest BCUT2D eigenvalue weighted by molar-refractivity contribution is 5.79. The van der Waals surface area contributed by atoms with Crippen LogP contribution in [0.2, 0.25) is 0 Å². The number of nitrogens with zero attached hydrogens (tertiary/aromatic N) is 3. The fraction of sp³-hybridized carbons (Fsp3) is 0.214. The minimum absolute atomic E-state index is 0.0582. The minimum Gasteiger partial charge on any atom is -0.491 e. The summed E-state index contributed by atoms with van der Waals surface area (Å²) in [7, 11) is 0. The molecule has 102 valence electrons. The van der Waals surface area contributed by atoms with Gasteiger partial charge in [0.1, 0.15) is 5.75 Å². The van der Waals surface area contributed by atoms with Gasteiger partial charge in [0.2, 0.25) is 5.95 Å². The largest absolute Gasteiger partial charge is 0.491 e. The number of benzene rings is 1. The van der Waals surface area contributed by atoms with Gasteiger partial charge in [-0.2, -0.15) is 5.10 Å². The van der Waals surface area contributed by atoms with Crippen molar-refractivity contribution in [3.63, 3.8) is 0 Å². The minimum atomic E-state index is -0.213. The normalized spacial score (nSPS) is 11.2. The van der Waals surface area contributed by atoms with Crippen molar-refractivity contribution in [2.45, 2.75) is 20.0 Å². The Hall–Kier alpha value is -2.63. The van der Waals surface area contributed by atoms with E-state index >= 15 is 0 Å². The van der Waals surface area contributed by atoms with Crippen LogP contribution < -0.4 is 10.3 Å². The average Bonchev–Trinajstić information content (AvgIpc) is 2.92. The van der Waals surface area contributed by atoms with E-state index in [2.05, 4.69) is 15.1 Å². The molecule has 20 heavy (non-hydrogen) atoms. The predicted molar refractivity (Wildman–Crippen MR) is 75.2 cm³/mol. The van der Waals surface area contributed by atoms with Crippen molar-refractivity contribution in [1.29, 1.82) is 0 Å². The summed E-state index contributed by atoms with van der Waals surface area (Å²) >= 11 is 0. The van der Waals surface area contributed by atoms with Gasteiger partial charge in [-0.05, 0) is 38.1 Å². The number of H-pyrrole nitrogens is 1. The Morgan fingerprint density at radius 2 is 2.20 bits per heavy atom. The van der Waals surface area contributed by atoms with Crippen molar-refractivity contribution in [1.82, 2.24) is 19.7 Å². The number of hydrogen-bond acceptors (Lipinski definition) is 4. The van der Waals surface area contributed by atoms with Crippen LogP contribution in [0, 0.1) is 0 Å². The molecule has 6 heteroatoms. The van der Waals surface area contributed by atoms with E-state index in [0.29, 0.717) is 22.6 Å². The van der Waals surface area contributed by atoms with Crippen molar-refractivity contribution in [2.75, 3.05) is 0 Å². The second-order valence-corrected chi connectivity index (χ2v) is 4.69. The number of ether oxygens (including phenoxy) is 1. The lowest BCUT2D eigenvalue weighted by Gasteiger charge is -2.10. The van der Waals surface area contributed by atoms with Crippen LogP contribution in [-0.2, 0) is 0 Å². The summed E-state index contributed by atoms with van der Waals surface area (Å²) in [6, 6.07) is 7.05. The number of fused-ring (bicyclic) bond motifs is 1.